The maximum absolute atomic E-state index is 12.2. The van der Waals surface area contributed by atoms with Crippen molar-refractivity contribution in [1.82, 2.24) is 14.7 Å². The molecule has 1 amide bonds. The first-order valence-electron chi connectivity index (χ1n) is 9.41. The fourth-order valence-electron chi connectivity index (χ4n) is 3.00. The third-order valence-electron chi connectivity index (χ3n) is 4.46. The van der Waals surface area contributed by atoms with Crippen LogP contribution in [-0.2, 0) is 17.0 Å². The van der Waals surface area contributed by atoms with Gasteiger partial charge < -0.3 is 5.32 Å². The summed E-state index contributed by atoms with van der Waals surface area (Å²) in [5.41, 5.74) is 3.53. The van der Waals surface area contributed by atoms with Crippen molar-refractivity contribution < 1.29 is 4.79 Å². The number of fused-ring (bicyclic) bond motifs is 1. The molecule has 0 spiro atoms. The lowest BCUT2D eigenvalue weighted by Gasteiger charge is -2.13. The summed E-state index contributed by atoms with van der Waals surface area (Å²) in [6.07, 6.45) is 3.63. The molecule has 0 bridgehead atoms. The van der Waals surface area contributed by atoms with Crippen LogP contribution in [0.2, 0.25) is 0 Å². The standard InChI is InChI=1S/C22H25N3O2S/c1-16-8-11-20-24-19(12-22(27)25(20)13-16)14-28-15-21(26)23-17(2)9-10-18-6-4-3-5-7-18/h3-8,11-13,17H,9-10,14-15H2,1-2H3,(H,23,26)/t17-/m0/s1. The topological polar surface area (TPSA) is 63.5 Å². The summed E-state index contributed by atoms with van der Waals surface area (Å²) in [7, 11) is 0. The number of pyridine rings is 1. The van der Waals surface area contributed by atoms with Gasteiger partial charge >= 0.3 is 0 Å². The summed E-state index contributed by atoms with van der Waals surface area (Å²) in [5, 5.41) is 3.04. The van der Waals surface area contributed by atoms with Crippen LogP contribution in [-0.4, -0.2) is 27.1 Å². The minimum absolute atomic E-state index is 0.0127. The van der Waals surface area contributed by atoms with E-state index < -0.39 is 0 Å². The number of amides is 1. The number of nitrogens with zero attached hydrogens (tertiary/aromatic N) is 2. The first-order chi connectivity index (χ1) is 13.5. The number of aromatic nitrogens is 2. The summed E-state index contributed by atoms with van der Waals surface area (Å²) in [4.78, 5) is 28.9. The van der Waals surface area contributed by atoms with E-state index in [9.17, 15) is 9.59 Å². The van der Waals surface area contributed by atoms with Gasteiger partial charge in [-0.2, -0.15) is 0 Å². The number of nitrogens with one attached hydrogen (secondary N) is 1. The average molecular weight is 396 g/mol. The van der Waals surface area contributed by atoms with Crippen molar-refractivity contribution in [2.24, 2.45) is 0 Å². The number of carbonyl (C=O) groups is 1. The normalized spacial score (nSPS) is 12.1. The largest absolute Gasteiger partial charge is 0.353 e. The fourth-order valence-corrected chi connectivity index (χ4v) is 3.72. The van der Waals surface area contributed by atoms with Crippen molar-refractivity contribution in [3.63, 3.8) is 0 Å². The van der Waals surface area contributed by atoms with E-state index in [2.05, 4.69) is 22.4 Å². The quantitative estimate of drug-likeness (QED) is 0.635. The summed E-state index contributed by atoms with van der Waals surface area (Å²) < 4.78 is 1.55. The Hall–Kier alpha value is -2.60. The lowest BCUT2D eigenvalue weighted by atomic mass is 10.1. The zero-order chi connectivity index (χ0) is 19.9. The molecule has 0 aliphatic carbocycles. The van der Waals surface area contributed by atoms with Gasteiger partial charge in [-0.25, -0.2) is 4.98 Å². The van der Waals surface area contributed by atoms with Gasteiger partial charge in [-0.05, 0) is 43.9 Å². The molecule has 5 nitrogen and oxygen atoms in total. The van der Waals surface area contributed by atoms with Crippen LogP contribution in [0.4, 0.5) is 0 Å². The Balaban J connectivity index is 1.45. The van der Waals surface area contributed by atoms with Crippen molar-refractivity contribution in [1.29, 1.82) is 0 Å². The zero-order valence-electron chi connectivity index (χ0n) is 16.2. The summed E-state index contributed by atoms with van der Waals surface area (Å²) >= 11 is 1.47. The molecule has 6 heteroatoms. The van der Waals surface area contributed by atoms with Crippen LogP contribution in [0.15, 0.2) is 59.5 Å². The highest BCUT2D eigenvalue weighted by Gasteiger charge is 2.09. The number of carbonyl (C=O) groups excluding carboxylic acids is 1. The number of hydrogen-bond donors (Lipinski definition) is 1. The van der Waals surface area contributed by atoms with E-state index in [-0.39, 0.29) is 17.5 Å². The van der Waals surface area contributed by atoms with E-state index >= 15 is 0 Å². The minimum Gasteiger partial charge on any atom is -0.353 e. The first kappa shape index (κ1) is 20.1. The number of benzene rings is 1. The van der Waals surface area contributed by atoms with E-state index in [1.165, 1.54) is 17.3 Å². The summed E-state index contributed by atoms with van der Waals surface area (Å²) in [5.74, 6) is 0.898. The molecular formula is C22H25N3O2S. The van der Waals surface area contributed by atoms with Gasteiger partial charge in [0.15, 0.2) is 0 Å². The van der Waals surface area contributed by atoms with E-state index in [1.807, 2.05) is 44.2 Å². The molecule has 0 saturated heterocycles. The number of thioether (sulfide) groups is 1. The van der Waals surface area contributed by atoms with Crippen molar-refractivity contribution in [3.8, 4) is 0 Å². The third kappa shape index (κ3) is 5.70. The molecule has 1 aromatic carbocycles. The molecule has 0 aliphatic heterocycles. The first-order valence-corrected chi connectivity index (χ1v) is 10.6. The van der Waals surface area contributed by atoms with Gasteiger partial charge in [0.25, 0.3) is 5.56 Å². The van der Waals surface area contributed by atoms with Crippen molar-refractivity contribution in [3.05, 3.63) is 81.9 Å². The average Bonchev–Trinajstić information content (AvgIpc) is 2.68. The second-order valence-electron chi connectivity index (χ2n) is 7.01. The Labute approximate surface area is 169 Å². The van der Waals surface area contributed by atoms with Crippen LogP contribution in [0.25, 0.3) is 5.65 Å². The molecule has 1 N–H and O–H groups in total. The second-order valence-corrected chi connectivity index (χ2v) is 7.99. The van der Waals surface area contributed by atoms with Crippen LogP contribution in [0.5, 0.6) is 0 Å². The molecule has 28 heavy (non-hydrogen) atoms. The molecule has 3 aromatic rings. The van der Waals surface area contributed by atoms with Crippen molar-refractivity contribution in [2.45, 2.75) is 38.5 Å². The highest BCUT2D eigenvalue weighted by Crippen LogP contribution is 2.11. The monoisotopic (exact) mass is 395 g/mol. The molecule has 0 fully saturated rings. The third-order valence-corrected chi connectivity index (χ3v) is 5.43. The highest BCUT2D eigenvalue weighted by atomic mass is 32.2. The Morgan fingerprint density at radius 2 is 2.00 bits per heavy atom. The van der Waals surface area contributed by atoms with Crippen LogP contribution in [0.3, 0.4) is 0 Å². The smallest absolute Gasteiger partial charge is 0.258 e. The van der Waals surface area contributed by atoms with Crippen LogP contribution in [0.1, 0.15) is 30.2 Å². The number of hydrogen-bond acceptors (Lipinski definition) is 4. The van der Waals surface area contributed by atoms with Gasteiger partial charge in [0.05, 0.1) is 11.4 Å². The lowest BCUT2D eigenvalue weighted by Crippen LogP contribution is -2.34. The Kier molecular flexibility index (Phi) is 6.87. The van der Waals surface area contributed by atoms with Crippen LogP contribution < -0.4 is 10.9 Å². The van der Waals surface area contributed by atoms with E-state index in [0.717, 1.165) is 18.4 Å². The van der Waals surface area contributed by atoms with Crippen LogP contribution in [0, 0.1) is 6.92 Å². The molecule has 0 saturated carbocycles. The number of rotatable bonds is 8. The van der Waals surface area contributed by atoms with Crippen molar-refractivity contribution >= 4 is 23.3 Å². The molecule has 2 aromatic heterocycles. The second kappa shape index (κ2) is 9.55. The molecule has 0 aliphatic rings. The van der Waals surface area contributed by atoms with Gasteiger partial charge in [-0.3, -0.25) is 14.0 Å². The minimum atomic E-state index is -0.0942. The molecule has 1 atom stereocenters. The Morgan fingerprint density at radius 3 is 2.79 bits per heavy atom. The molecule has 0 unspecified atom stereocenters. The van der Waals surface area contributed by atoms with Gasteiger partial charge in [0.2, 0.25) is 5.91 Å². The Bertz CT molecular complexity index is 1000. The molecular weight excluding hydrogens is 370 g/mol. The summed E-state index contributed by atoms with van der Waals surface area (Å²) in [6, 6.07) is 15.7. The highest BCUT2D eigenvalue weighted by molar-refractivity contribution is 7.99. The molecule has 146 valence electrons. The number of aryl methyl sites for hydroxylation is 2. The maximum Gasteiger partial charge on any atom is 0.258 e. The van der Waals surface area contributed by atoms with Gasteiger partial charge in [0.1, 0.15) is 5.65 Å². The van der Waals surface area contributed by atoms with E-state index in [0.29, 0.717) is 22.8 Å². The lowest BCUT2D eigenvalue weighted by molar-refractivity contribution is -0.119. The van der Waals surface area contributed by atoms with Gasteiger partial charge in [-0.1, -0.05) is 36.4 Å². The van der Waals surface area contributed by atoms with Crippen LogP contribution >= 0.6 is 11.8 Å². The molecule has 3 rings (SSSR count). The summed E-state index contributed by atoms with van der Waals surface area (Å²) in [6.45, 7) is 3.97. The van der Waals surface area contributed by atoms with E-state index in [4.69, 9.17) is 0 Å². The predicted octanol–water partition coefficient (Wildman–Crippen LogP) is 3.37. The fraction of sp³-hybridized carbons (Fsp3) is 0.318. The van der Waals surface area contributed by atoms with E-state index in [1.54, 1.807) is 16.7 Å². The van der Waals surface area contributed by atoms with Gasteiger partial charge in [-0.15, -0.1) is 11.8 Å². The maximum atomic E-state index is 12.2. The van der Waals surface area contributed by atoms with Crippen molar-refractivity contribution in [2.75, 3.05) is 5.75 Å². The molecule has 0 radical (unpaired) electrons. The zero-order valence-corrected chi connectivity index (χ0v) is 17.0. The predicted molar refractivity (Wildman–Crippen MR) is 115 cm³/mol. The SMILES string of the molecule is Cc1ccc2nc(CSCC(=O)N[C@@H](C)CCc3ccccc3)cc(=O)n2c1. The molecule has 2 heterocycles. The Morgan fingerprint density at radius 1 is 1.21 bits per heavy atom. The van der Waals surface area contributed by atoms with Gasteiger partial charge in [0, 0.05) is 24.1 Å².